The number of aliphatic hydroxyl groups is 1. The third kappa shape index (κ3) is 2.17. The Morgan fingerprint density at radius 1 is 1.35 bits per heavy atom. The summed E-state index contributed by atoms with van der Waals surface area (Å²) in [5, 5.41) is 10.2. The lowest BCUT2D eigenvalue weighted by Crippen LogP contribution is -2.49. The van der Waals surface area contributed by atoms with Crippen molar-refractivity contribution in [3.63, 3.8) is 0 Å². The molecule has 94 valence electrons. The molecule has 0 unspecified atom stereocenters. The normalized spacial score (nSPS) is 28.9. The number of rotatable bonds is 1. The van der Waals surface area contributed by atoms with Crippen LogP contribution in [0.3, 0.4) is 0 Å². The van der Waals surface area contributed by atoms with Crippen LogP contribution >= 0.6 is 0 Å². The van der Waals surface area contributed by atoms with Gasteiger partial charge in [0.1, 0.15) is 0 Å². The highest BCUT2D eigenvalue weighted by Crippen LogP contribution is 2.42. The molecule has 1 aromatic carbocycles. The number of alkyl halides is 3. The molecule has 2 rings (SSSR count). The molecule has 5 heteroatoms. The molecule has 1 aliphatic carbocycles. The fourth-order valence-corrected chi connectivity index (χ4v) is 2.39. The van der Waals surface area contributed by atoms with E-state index >= 15 is 0 Å². The van der Waals surface area contributed by atoms with Crippen LogP contribution in [0.25, 0.3) is 0 Å². The highest BCUT2D eigenvalue weighted by molar-refractivity contribution is 5.38. The fourth-order valence-electron chi connectivity index (χ4n) is 2.39. The number of nitrogens with two attached hydrogens (primary N) is 1. The lowest BCUT2D eigenvalue weighted by Gasteiger charge is -2.43. The average Bonchev–Trinajstić information content (AvgIpc) is 2.13. The molecule has 0 bridgehead atoms. The number of hydrogen-bond donors (Lipinski definition) is 2. The maximum atomic E-state index is 12.5. The van der Waals surface area contributed by atoms with Gasteiger partial charge in [-0.05, 0) is 43.0 Å². The van der Waals surface area contributed by atoms with E-state index in [1.54, 1.807) is 6.92 Å². The third-order valence-corrected chi connectivity index (χ3v) is 3.25. The summed E-state index contributed by atoms with van der Waals surface area (Å²) in [5.41, 5.74) is 4.87. The molecule has 0 amide bonds. The van der Waals surface area contributed by atoms with Crippen molar-refractivity contribution >= 4 is 0 Å². The van der Waals surface area contributed by atoms with Gasteiger partial charge in [-0.15, -0.1) is 0 Å². The van der Waals surface area contributed by atoms with Gasteiger partial charge < -0.3 is 10.8 Å². The van der Waals surface area contributed by atoms with Gasteiger partial charge in [-0.25, -0.2) is 0 Å². The Bertz CT molecular complexity index is 436. The van der Waals surface area contributed by atoms with Crippen molar-refractivity contribution in [1.82, 2.24) is 0 Å². The van der Waals surface area contributed by atoms with Crippen molar-refractivity contribution in [2.24, 2.45) is 5.73 Å². The molecule has 0 saturated heterocycles. The minimum absolute atomic E-state index is 0.0679. The molecule has 0 aliphatic heterocycles. The summed E-state index contributed by atoms with van der Waals surface area (Å²) in [4.78, 5) is 0. The molecule has 3 N–H and O–H groups in total. The van der Waals surface area contributed by atoms with Gasteiger partial charge in [0.05, 0.1) is 11.2 Å². The van der Waals surface area contributed by atoms with Crippen LogP contribution in [0.4, 0.5) is 13.2 Å². The van der Waals surface area contributed by atoms with Gasteiger partial charge in [0.2, 0.25) is 0 Å². The molecule has 1 saturated carbocycles. The zero-order chi connectivity index (χ0) is 12.8. The molecule has 0 radical (unpaired) electrons. The Morgan fingerprint density at radius 3 is 2.35 bits per heavy atom. The average molecular weight is 245 g/mol. The first-order valence-electron chi connectivity index (χ1n) is 5.39. The number of halogens is 3. The molecule has 1 fully saturated rings. The molecule has 1 aromatic rings. The van der Waals surface area contributed by atoms with E-state index in [4.69, 9.17) is 5.73 Å². The quantitative estimate of drug-likeness (QED) is 0.797. The van der Waals surface area contributed by atoms with Gasteiger partial charge >= 0.3 is 6.18 Å². The lowest BCUT2D eigenvalue weighted by molar-refractivity contribution is -0.137. The van der Waals surface area contributed by atoms with Gasteiger partial charge in [0.25, 0.3) is 0 Å². The van der Waals surface area contributed by atoms with Crippen LogP contribution in [0, 0.1) is 6.92 Å². The van der Waals surface area contributed by atoms with Crippen molar-refractivity contribution in [3.8, 4) is 0 Å². The smallest absolute Gasteiger partial charge is 0.385 e. The first kappa shape index (κ1) is 12.4. The summed E-state index contributed by atoms with van der Waals surface area (Å²) in [7, 11) is 0. The Morgan fingerprint density at radius 2 is 1.94 bits per heavy atom. The van der Waals surface area contributed by atoms with Crippen LogP contribution in [0.5, 0.6) is 0 Å². The molecule has 17 heavy (non-hydrogen) atoms. The number of benzene rings is 1. The van der Waals surface area contributed by atoms with E-state index in [1.165, 1.54) is 6.07 Å². The van der Waals surface area contributed by atoms with Crippen LogP contribution < -0.4 is 5.73 Å². The summed E-state index contributed by atoms with van der Waals surface area (Å²) in [6.45, 7) is 1.58. The van der Waals surface area contributed by atoms with E-state index < -0.39 is 17.3 Å². The van der Waals surface area contributed by atoms with E-state index in [2.05, 4.69) is 0 Å². The maximum absolute atomic E-state index is 12.5. The van der Waals surface area contributed by atoms with Crippen molar-refractivity contribution in [3.05, 3.63) is 34.9 Å². The van der Waals surface area contributed by atoms with E-state index in [1.807, 2.05) is 0 Å². The minimum Gasteiger partial charge on any atom is -0.385 e. The van der Waals surface area contributed by atoms with Crippen molar-refractivity contribution in [1.29, 1.82) is 0 Å². The second-order valence-electron chi connectivity index (χ2n) is 4.73. The molecule has 0 atom stereocenters. The van der Waals surface area contributed by atoms with E-state index in [-0.39, 0.29) is 6.04 Å². The molecule has 0 heterocycles. The Balaban J connectivity index is 2.33. The van der Waals surface area contributed by atoms with Crippen molar-refractivity contribution in [2.75, 3.05) is 0 Å². The molecular weight excluding hydrogens is 231 g/mol. The monoisotopic (exact) mass is 245 g/mol. The highest BCUT2D eigenvalue weighted by Gasteiger charge is 2.43. The topological polar surface area (TPSA) is 46.2 Å². The highest BCUT2D eigenvalue weighted by atomic mass is 19.4. The van der Waals surface area contributed by atoms with Crippen LogP contribution in [0.1, 0.15) is 29.5 Å². The van der Waals surface area contributed by atoms with Gasteiger partial charge in [-0.3, -0.25) is 0 Å². The molecule has 1 aliphatic rings. The molecule has 2 nitrogen and oxygen atoms in total. The van der Waals surface area contributed by atoms with Gasteiger partial charge in [0, 0.05) is 6.04 Å². The maximum Gasteiger partial charge on any atom is 0.416 e. The van der Waals surface area contributed by atoms with Crippen LogP contribution in [-0.2, 0) is 11.8 Å². The van der Waals surface area contributed by atoms with E-state index in [9.17, 15) is 18.3 Å². The summed E-state index contributed by atoms with van der Waals surface area (Å²) >= 11 is 0. The number of aryl methyl sites for hydroxylation is 1. The summed E-state index contributed by atoms with van der Waals surface area (Å²) in [6.07, 6.45) is -3.54. The standard InChI is InChI=1S/C12H14F3NO/c1-7-4-8(12(13,14)15)2-3-10(7)11(17)5-9(16)6-11/h2-4,9,17H,5-6,16H2,1H3. The van der Waals surface area contributed by atoms with Crippen molar-refractivity contribution in [2.45, 2.75) is 37.6 Å². The summed E-state index contributed by atoms with van der Waals surface area (Å²) in [6, 6.07) is 3.35. The largest absolute Gasteiger partial charge is 0.416 e. The SMILES string of the molecule is Cc1cc(C(F)(F)F)ccc1C1(O)CC(N)C1. The first-order chi connectivity index (χ1) is 7.72. The Hall–Kier alpha value is -1.07. The fraction of sp³-hybridized carbons (Fsp3) is 0.500. The zero-order valence-corrected chi connectivity index (χ0v) is 9.38. The summed E-state index contributed by atoms with van der Waals surface area (Å²) < 4.78 is 37.4. The van der Waals surface area contributed by atoms with Crippen LogP contribution in [0.2, 0.25) is 0 Å². The van der Waals surface area contributed by atoms with Gasteiger partial charge in [-0.2, -0.15) is 13.2 Å². The lowest BCUT2D eigenvalue weighted by atomic mass is 9.70. The van der Waals surface area contributed by atoms with Gasteiger partial charge in [0.15, 0.2) is 0 Å². The second-order valence-corrected chi connectivity index (χ2v) is 4.73. The predicted octanol–water partition coefficient (Wildman–Crippen LogP) is 2.32. The van der Waals surface area contributed by atoms with Crippen LogP contribution in [0.15, 0.2) is 18.2 Å². The van der Waals surface area contributed by atoms with Crippen molar-refractivity contribution < 1.29 is 18.3 Å². The Kier molecular flexibility index (Phi) is 2.71. The molecular formula is C12H14F3NO. The van der Waals surface area contributed by atoms with Crippen LogP contribution in [-0.4, -0.2) is 11.1 Å². The van der Waals surface area contributed by atoms with Gasteiger partial charge in [-0.1, -0.05) is 6.07 Å². The van der Waals surface area contributed by atoms with E-state index in [0.29, 0.717) is 24.0 Å². The zero-order valence-electron chi connectivity index (χ0n) is 9.38. The predicted molar refractivity (Wildman–Crippen MR) is 57.3 cm³/mol. The summed E-state index contributed by atoms with van der Waals surface area (Å²) in [5.74, 6) is 0. The molecule has 0 spiro atoms. The molecule has 0 aromatic heterocycles. The first-order valence-corrected chi connectivity index (χ1v) is 5.39. The minimum atomic E-state index is -4.35. The third-order valence-electron chi connectivity index (χ3n) is 3.25. The van der Waals surface area contributed by atoms with E-state index in [0.717, 1.165) is 12.1 Å². The number of hydrogen-bond acceptors (Lipinski definition) is 2. The Labute approximate surface area is 97.2 Å². The second kappa shape index (κ2) is 3.71.